The van der Waals surface area contributed by atoms with Crippen molar-refractivity contribution in [2.24, 2.45) is 4.99 Å². The third-order valence-electron chi connectivity index (χ3n) is 6.11. The average molecular weight is 472 g/mol. The average Bonchev–Trinajstić information content (AvgIpc) is 3.52. The van der Waals surface area contributed by atoms with Crippen LogP contribution in [0.1, 0.15) is 44.2 Å². The fourth-order valence-electron chi connectivity index (χ4n) is 4.45. The van der Waals surface area contributed by atoms with E-state index in [4.69, 9.17) is 19.2 Å². The Labute approximate surface area is 198 Å². The van der Waals surface area contributed by atoms with E-state index in [1.807, 2.05) is 34.3 Å². The summed E-state index contributed by atoms with van der Waals surface area (Å²) in [5.74, 6) is 0.874. The number of hydrogen-bond acceptors (Lipinski definition) is 8. The number of carbonyl (C=O) groups excluding carboxylic acids is 2. The molecule has 176 valence electrons. The van der Waals surface area contributed by atoms with Crippen molar-refractivity contribution in [3.63, 3.8) is 0 Å². The van der Waals surface area contributed by atoms with Gasteiger partial charge in [0.2, 0.25) is 5.91 Å². The van der Waals surface area contributed by atoms with Gasteiger partial charge in [-0.1, -0.05) is 18.7 Å². The number of aliphatic imine (C=N–C) groups is 1. The van der Waals surface area contributed by atoms with Crippen molar-refractivity contribution in [3.05, 3.63) is 46.1 Å². The molecule has 8 nitrogen and oxygen atoms in total. The third kappa shape index (κ3) is 4.46. The predicted molar refractivity (Wildman–Crippen MR) is 127 cm³/mol. The minimum Gasteiger partial charge on any atom is -0.497 e. The Bertz CT molecular complexity index is 1020. The van der Waals surface area contributed by atoms with Crippen LogP contribution in [0.2, 0.25) is 0 Å². The molecule has 0 saturated carbocycles. The first-order valence-corrected chi connectivity index (χ1v) is 11.9. The number of methoxy groups -OCH3 is 3. The van der Waals surface area contributed by atoms with Crippen LogP contribution in [0.3, 0.4) is 0 Å². The minimum atomic E-state index is -0.517. The zero-order chi connectivity index (χ0) is 23.5. The second-order valence-corrected chi connectivity index (χ2v) is 8.85. The zero-order valence-corrected chi connectivity index (χ0v) is 20.2. The Morgan fingerprint density at radius 3 is 2.33 bits per heavy atom. The highest BCUT2D eigenvalue weighted by molar-refractivity contribution is 8.16. The monoisotopic (exact) mass is 471 g/mol. The summed E-state index contributed by atoms with van der Waals surface area (Å²) in [5, 5.41) is 2.71. The van der Waals surface area contributed by atoms with E-state index in [1.54, 1.807) is 20.3 Å². The smallest absolute Gasteiger partial charge is 0.338 e. The molecule has 1 fully saturated rings. The normalized spacial score (nSPS) is 19.8. The molecule has 1 saturated heterocycles. The Kier molecular flexibility index (Phi) is 6.97. The molecular weight excluding hydrogens is 442 g/mol. The lowest BCUT2D eigenvalue weighted by molar-refractivity contribution is -0.136. The highest BCUT2D eigenvalue weighted by atomic mass is 32.2. The van der Waals surface area contributed by atoms with E-state index in [1.165, 1.54) is 18.9 Å². The van der Waals surface area contributed by atoms with E-state index >= 15 is 0 Å². The molecule has 0 unspecified atom stereocenters. The van der Waals surface area contributed by atoms with E-state index in [2.05, 4.69) is 0 Å². The first-order chi connectivity index (χ1) is 16.0. The van der Waals surface area contributed by atoms with Gasteiger partial charge in [0.15, 0.2) is 5.17 Å². The van der Waals surface area contributed by atoms with Crippen LogP contribution in [0.4, 0.5) is 0 Å². The summed E-state index contributed by atoms with van der Waals surface area (Å²) in [6, 6.07) is 5.04. The lowest BCUT2D eigenvalue weighted by Gasteiger charge is -2.37. The summed E-state index contributed by atoms with van der Waals surface area (Å²) in [7, 11) is 4.55. The largest absolute Gasteiger partial charge is 0.497 e. The van der Waals surface area contributed by atoms with Gasteiger partial charge in [-0.05, 0) is 42.4 Å². The second-order valence-electron chi connectivity index (χ2n) is 8.01. The lowest BCUT2D eigenvalue weighted by atomic mass is 9.92. The van der Waals surface area contributed by atoms with Crippen LogP contribution >= 0.6 is 11.8 Å². The van der Waals surface area contributed by atoms with Gasteiger partial charge in [0.1, 0.15) is 11.5 Å². The number of ether oxygens (including phenoxy) is 3. The quantitative estimate of drug-likeness (QED) is 0.559. The zero-order valence-electron chi connectivity index (χ0n) is 19.4. The number of amides is 1. The Morgan fingerprint density at radius 2 is 1.76 bits per heavy atom. The standard InChI is InChI=1S/C24H29N3O5S/c1-5-19-21(23(29)32-4)22(15-10-17(30-2)13-18(11-15)31-3)27-16(14-33-24(27)25-19)12-20(28)26-8-6-7-9-26/h10-11,13-14,22H,5-9,12H2,1-4H3/t22-/m0/s1. The molecule has 0 N–H and O–H groups in total. The van der Waals surface area contributed by atoms with Crippen LogP contribution in [0, 0.1) is 0 Å². The van der Waals surface area contributed by atoms with E-state index in [0.717, 1.165) is 42.4 Å². The molecule has 9 heteroatoms. The Hall–Kier alpha value is -2.94. The van der Waals surface area contributed by atoms with Crippen LogP contribution < -0.4 is 9.47 Å². The van der Waals surface area contributed by atoms with Crippen molar-refractivity contribution in [1.82, 2.24) is 9.80 Å². The molecule has 0 radical (unpaired) electrons. The van der Waals surface area contributed by atoms with Crippen molar-refractivity contribution in [2.75, 3.05) is 34.4 Å². The maximum Gasteiger partial charge on any atom is 0.338 e. The molecule has 1 amide bonds. The van der Waals surface area contributed by atoms with Gasteiger partial charge in [-0.25, -0.2) is 9.79 Å². The van der Waals surface area contributed by atoms with Crippen molar-refractivity contribution < 1.29 is 23.8 Å². The fourth-order valence-corrected chi connectivity index (χ4v) is 5.39. The van der Waals surface area contributed by atoms with Gasteiger partial charge in [0, 0.05) is 24.9 Å². The van der Waals surface area contributed by atoms with Gasteiger partial charge >= 0.3 is 5.97 Å². The number of fused-ring (bicyclic) bond motifs is 1. The molecule has 3 heterocycles. The first kappa shape index (κ1) is 23.2. The number of esters is 1. The van der Waals surface area contributed by atoms with Gasteiger partial charge in [-0.2, -0.15) is 0 Å². The van der Waals surface area contributed by atoms with Crippen molar-refractivity contribution in [3.8, 4) is 11.5 Å². The number of carbonyl (C=O) groups is 2. The van der Waals surface area contributed by atoms with Gasteiger partial charge in [0.05, 0.1) is 45.1 Å². The van der Waals surface area contributed by atoms with E-state index in [-0.39, 0.29) is 12.3 Å². The lowest BCUT2D eigenvalue weighted by Crippen LogP contribution is -2.38. The molecule has 1 aromatic rings. The number of likely N-dealkylation sites (tertiary alicyclic amines) is 1. The maximum atomic E-state index is 13.0. The number of thioether (sulfide) groups is 1. The molecule has 3 aliphatic rings. The van der Waals surface area contributed by atoms with Gasteiger partial charge < -0.3 is 24.0 Å². The van der Waals surface area contributed by atoms with Crippen LogP contribution in [0.25, 0.3) is 0 Å². The van der Waals surface area contributed by atoms with Crippen molar-refractivity contribution in [1.29, 1.82) is 0 Å². The van der Waals surface area contributed by atoms with E-state index in [9.17, 15) is 9.59 Å². The van der Waals surface area contributed by atoms with Crippen LogP contribution in [-0.4, -0.2) is 61.3 Å². The predicted octanol–water partition coefficient (Wildman–Crippen LogP) is 3.85. The molecule has 0 spiro atoms. The molecule has 1 aromatic carbocycles. The minimum absolute atomic E-state index is 0.0902. The molecule has 0 bridgehead atoms. The number of nitrogens with zero attached hydrogens (tertiary/aromatic N) is 3. The topological polar surface area (TPSA) is 80.7 Å². The Balaban J connectivity index is 1.80. The highest BCUT2D eigenvalue weighted by Gasteiger charge is 2.42. The number of allylic oxidation sites excluding steroid dienone is 1. The molecule has 0 aromatic heterocycles. The van der Waals surface area contributed by atoms with Crippen molar-refractivity contribution >= 4 is 28.8 Å². The molecule has 33 heavy (non-hydrogen) atoms. The summed E-state index contributed by atoms with van der Waals surface area (Å²) in [4.78, 5) is 34.7. The summed E-state index contributed by atoms with van der Waals surface area (Å²) in [5.41, 5.74) is 2.75. The van der Waals surface area contributed by atoms with Gasteiger partial charge in [-0.15, -0.1) is 0 Å². The molecular formula is C24H29N3O5S. The van der Waals surface area contributed by atoms with Gasteiger partial charge in [-0.3, -0.25) is 4.79 Å². The molecule has 4 rings (SSSR count). The molecule has 3 aliphatic heterocycles. The highest BCUT2D eigenvalue weighted by Crippen LogP contribution is 2.46. The number of amidine groups is 1. The second kappa shape index (κ2) is 9.91. The Morgan fingerprint density at radius 1 is 1.09 bits per heavy atom. The SMILES string of the molecule is CCC1=C(C(=O)OC)[C@H](c2cc(OC)cc(OC)c2)N2C(CC(=O)N3CCCC3)=CSC2=N1. The molecule has 1 atom stereocenters. The number of rotatable bonds is 7. The summed E-state index contributed by atoms with van der Waals surface area (Å²) >= 11 is 1.47. The molecule has 0 aliphatic carbocycles. The van der Waals surface area contributed by atoms with Crippen LogP contribution in [-0.2, 0) is 14.3 Å². The summed E-state index contributed by atoms with van der Waals surface area (Å²) in [6.07, 6.45) is 2.90. The first-order valence-electron chi connectivity index (χ1n) is 11.1. The summed E-state index contributed by atoms with van der Waals surface area (Å²) < 4.78 is 16.2. The van der Waals surface area contributed by atoms with Crippen LogP contribution in [0.15, 0.2) is 45.6 Å². The van der Waals surface area contributed by atoms with Crippen LogP contribution in [0.5, 0.6) is 11.5 Å². The van der Waals surface area contributed by atoms with E-state index < -0.39 is 12.0 Å². The maximum absolute atomic E-state index is 13.0. The third-order valence-corrected chi connectivity index (χ3v) is 7.00. The van der Waals surface area contributed by atoms with Crippen molar-refractivity contribution in [2.45, 2.75) is 38.6 Å². The fraction of sp³-hybridized carbons (Fsp3) is 0.458. The summed E-state index contributed by atoms with van der Waals surface area (Å²) in [6.45, 7) is 3.56. The number of benzene rings is 1. The van der Waals surface area contributed by atoms with Gasteiger partial charge in [0.25, 0.3) is 0 Å². The van der Waals surface area contributed by atoms with E-state index in [0.29, 0.717) is 29.2 Å². The number of hydrogen-bond donors (Lipinski definition) is 0.